The van der Waals surface area contributed by atoms with Crippen molar-refractivity contribution in [2.45, 2.75) is 6.04 Å². The lowest BCUT2D eigenvalue weighted by Gasteiger charge is -2.40. The second-order valence-corrected chi connectivity index (χ2v) is 6.41. The number of fused-ring (bicyclic) bond motifs is 1. The molecule has 22 heavy (non-hydrogen) atoms. The van der Waals surface area contributed by atoms with Gasteiger partial charge in [-0.25, -0.2) is 4.98 Å². The summed E-state index contributed by atoms with van der Waals surface area (Å²) in [6.45, 7) is 1.60. The van der Waals surface area contributed by atoms with Crippen LogP contribution >= 0.6 is 15.9 Å². The van der Waals surface area contributed by atoms with Crippen LogP contribution in [0.3, 0.4) is 0 Å². The van der Waals surface area contributed by atoms with Gasteiger partial charge in [0.25, 0.3) is 5.56 Å². The van der Waals surface area contributed by atoms with Gasteiger partial charge in [0.15, 0.2) is 0 Å². The van der Waals surface area contributed by atoms with Crippen molar-refractivity contribution in [1.82, 2.24) is 19.3 Å². The van der Waals surface area contributed by atoms with E-state index in [-0.39, 0.29) is 5.56 Å². The van der Waals surface area contributed by atoms with Gasteiger partial charge in [0, 0.05) is 26.3 Å². The maximum Gasteiger partial charge on any atom is 0.262 e. The Kier molecular flexibility index (Phi) is 3.04. The second-order valence-electron chi connectivity index (χ2n) is 5.49. The summed E-state index contributed by atoms with van der Waals surface area (Å²) < 4.78 is 4.54. The van der Waals surface area contributed by atoms with Crippen molar-refractivity contribution in [3.05, 3.63) is 51.5 Å². The molecule has 0 atom stereocenters. The molecule has 0 spiro atoms. The van der Waals surface area contributed by atoms with Crippen LogP contribution in [0.2, 0.25) is 0 Å². The molecule has 0 amide bonds. The zero-order valence-corrected chi connectivity index (χ0v) is 13.6. The first-order valence-corrected chi connectivity index (χ1v) is 7.83. The van der Waals surface area contributed by atoms with E-state index in [0.717, 1.165) is 23.1 Å². The first kappa shape index (κ1) is 13.5. The van der Waals surface area contributed by atoms with Crippen LogP contribution in [-0.4, -0.2) is 32.4 Å². The normalized spacial score (nSPS) is 15.3. The van der Waals surface area contributed by atoms with Gasteiger partial charge in [0.2, 0.25) is 5.95 Å². The quantitative estimate of drug-likeness (QED) is 0.701. The van der Waals surface area contributed by atoms with Crippen molar-refractivity contribution in [1.29, 1.82) is 0 Å². The summed E-state index contributed by atoms with van der Waals surface area (Å²) in [7, 11) is 1.77. The van der Waals surface area contributed by atoms with Crippen molar-refractivity contribution in [3.8, 4) is 0 Å². The number of rotatable bonds is 2. The highest BCUT2D eigenvalue weighted by Gasteiger charge is 2.31. The van der Waals surface area contributed by atoms with Gasteiger partial charge in [0.1, 0.15) is 0 Å². The second kappa shape index (κ2) is 4.95. The standard InChI is InChI=1S/C15H14BrN5O/c1-19-14(22)12-4-2-3-5-13(12)18-15(19)20-8-11(9-20)21-7-10(16)6-17-21/h2-7,11H,8-9H2,1H3. The van der Waals surface area contributed by atoms with Crippen molar-refractivity contribution in [2.24, 2.45) is 7.05 Å². The van der Waals surface area contributed by atoms with E-state index in [1.165, 1.54) is 0 Å². The molecule has 7 heteroatoms. The molecule has 4 rings (SSSR count). The number of aromatic nitrogens is 4. The molecule has 0 aliphatic carbocycles. The lowest BCUT2D eigenvalue weighted by Crippen LogP contribution is -2.50. The molecule has 112 valence electrons. The Morgan fingerprint density at radius 1 is 1.27 bits per heavy atom. The predicted octanol–water partition coefficient (Wildman–Crippen LogP) is 1.95. The largest absolute Gasteiger partial charge is 0.338 e. The first-order chi connectivity index (χ1) is 10.6. The van der Waals surface area contributed by atoms with Gasteiger partial charge >= 0.3 is 0 Å². The lowest BCUT2D eigenvalue weighted by atomic mass is 10.1. The summed E-state index contributed by atoms with van der Waals surface area (Å²) in [4.78, 5) is 19.2. The molecule has 1 aromatic carbocycles. The van der Waals surface area contributed by atoms with E-state index in [4.69, 9.17) is 0 Å². The molecule has 2 aromatic heterocycles. The van der Waals surface area contributed by atoms with Crippen LogP contribution in [-0.2, 0) is 7.05 Å². The highest BCUT2D eigenvalue weighted by molar-refractivity contribution is 9.10. The van der Waals surface area contributed by atoms with Gasteiger partial charge in [0.05, 0.1) is 27.6 Å². The van der Waals surface area contributed by atoms with E-state index in [0.29, 0.717) is 17.4 Å². The fourth-order valence-corrected chi connectivity index (χ4v) is 3.09. The van der Waals surface area contributed by atoms with Gasteiger partial charge in [-0.15, -0.1) is 0 Å². The van der Waals surface area contributed by atoms with Gasteiger partial charge in [-0.1, -0.05) is 12.1 Å². The molecule has 0 radical (unpaired) electrons. The SMILES string of the molecule is Cn1c(N2CC(n3cc(Br)cn3)C2)nc2ccccc2c1=O. The molecule has 1 aliphatic heterocycles. The monoisotopic (exact) mass is 359 g/mol. The van der Waals surface area contributed by atoms with Crippen LogP contribution in [0.1, 0.15) is 6.04 Å². The number of nitrogens with zero attached hydrogens (tertiary/aromatic N) is 5. The molecule has 6 nitrogen and oxygen atoms in total. The number of para-hydroxylation sites is 1. The molecular weight excluding hydrogens is 346 g/mol. The van der Waals surface area contributed by atoms with E-state index in [9.17, 15) is 4.79 Å². The van der Waals surface area contributed by atoms with Gasteiger partial charge in [-0.05, 0) is 28.1 Å². The van der Waals surface area contributed by atoms with Crippen molar-refractivity contribution >= 4 is 32.8 Å². The lowest BCUT2D eigenvalue weighted by molar-refractivity contribution is 0.360. The molecule has 1 aliphatic rings. The molecule has 1 saturated heterocycles. The maximum absolute atomic E-state index is 12.4. The average Bonchev–Trinajstić information content (AvgIpc) is 2.89. The Balaban J connectivity index is 1.66. The number of hydrogen-bond donors (Lipinski definition) is 0. The van der Waals surface area contributed by atoms with Crippen molar-refractivity contribution in [3.63, 3.8) is 0 Å². The van der Waals surface area contributed by atoms with E-state index < -0.39 is 0 Å². The summed E-state index contributed by atoms with van der Waals surface area (Å²) in [6.07, 6.45) is 3.75. The Labute approximate surface area is 135 Å². The zero-order valence-electron chi connectivity index (χ0n) is 12.0. The molecule has 0 saturated carbocycles. The average molecular weight is 360 g/mol. The van der Waals surface area contributed by atoms with E-state index in [1.807, 2.05) is 35.1 Å². The molecule has 0 bridgehead atoms. The third kappa shape index (κ3) is 2.04. The predicted molar refractivity (Wildman–Crippen MR) is 88.2 cm³/mol. The summed E-state index contributed by atoms with van der Waals surface area (Å²) in [5, 5.41) is 4.96. The van der Waals surface area contributed by atoms with Crippen LogP contribution in [0, 0.1) is 0 Å². The van der Waals surface area contributed by atoms with Crippen LogP contribution in [0.25, 0.3) is 10.9 Å². The Morgan fingerprint density at radius 3 is 2.77 bits per heavy atom. The van der Waals surface area contributed by atoms with Crippen molar-refractivity contribution in [2.75, 3.05) is 18.0 Å². The summed E-state index contributed by atoms with van der Waals surface area (Å²) in [6, 6.07) is 7.77. The first-order valence-electron chi connectivity index (χ1n) is 7.04. The highest BCUT2D eigenvalue weighted by atomic mass is 79.9. The topological polar surface area (TPSA) is 56.0 Å². The summed E-state index contributed by atoms with van der Waals surface area (Å²) in [5.41, 5.74) is 0.733. The smallest absolute Gasteiger partial charge is 0.262 e. The highest BCUT2D eigenvalue weighted by Crippen LogP contribution is 2.26. The van der Waals surface area contributed by atoms with Gasteiger partial charge in [-0.3, -0.25) is 14.0 Å². The number of anilines is 1. The van der Waals surface area contributed by atoms with E-state index in [2.05, 4.69) is 30.9 Å². The fourth-order valence-electron chi connectivity index (χ4n) is 2.79. The van der Waals surface area contributed by atoms with Crippen molar-refractivity contribution < 1.29 is 0 Å². The molecule has 1 fully saturated rings. The summed E-state index contributed by atoms with van der Waals surface area (Å²) >= 11 is 3.41. The Hall–Kier alpha value is -2.15. The third-order valence-corrected chi connectivity index (χ3v) is 4.46. The maximum atomic E-state index is 12.4. The number of halogens is 1. The molecule has 0 N–H and O–H groups in total. The fraction of sp³-hybridized carbons (Fsp3) is 0.267. The van der Waals surface area contributed by atoms with Crippen LogP contribution < -0.4 is 10.5 Å². The van der Waals surface area contributed by atoms with Gasteiger partial charge in [-0.2, -0.15) is 5.10 Å². The minimum Gasteiger partial charge on any atom is -0.338 e. The Bertz CT molecular complexity index is 910. The van der Waals surface area contributed by atoms with Gasteiger partial charge < -0.3 is 4.90 Å². The minimum absolute atomic E-state index is 0.00844. The van der Waals surface area contributed by atoms with Crippen LogP contribution in [0.15, 0.2) is 45.9 Å². The number of hydrogen-bond acceptors (Lipinski definition) is 4. The van der Waals surface area contributed by atoms with E-state index in [1.54, 1.807) is 17.8 Å². The molecule has 0 unspecified atom stereocenters. The molecular formula is C15H14BrN5O. The Morgan fingerprint density at radius 2 is 2.05 bits per heavy atom. The zero-order chi connectivity index (χ0) is 15.3. The van der Waals surface area contributed by atoms with E-state index >= 15 is 0 Å². The molecule has 3 aromatic rings. The van der Waals surface area contributed by atoms with Crippen LogP contribution in [0.4, 0.5) is 5.95 Å². The molecule has 3 heterocycles. The summed E-state index contributed by atoms with van der Waals surface area (Å²) in [5.74, 6) is 0.714. The number of benzene rings is 1. The third-order valence-electron chi connectivity index (χ3n) is 4.05. The van der Waals surface area contributed by atoms with Crippen LogP contribution in [0.5, 0.6) is 0 Å². The minimum atomic E-state index is -0.00844.